The van der Waals surface area contributed by atoms with Crippen molar-refractivity contribution in [3.63, 3.8) is 0 Å². The highest BCUT2D eigenvalue weighted by Crippen LogP contribution is 2.23. The van der Waals surface area contributed by atoms with Crippen LogP contribution in [0.5, 0.6) is 0 Å². The Morgan fingerprint density at radius 3 is 2.37 bits per heavy atom. The van der Waals surface area contributed by atoms with Crippen LogP contribution < -0.4 is 0 Å². The van der Waals surface area contributed by atoms with Gasteiger partial charge in [0.1, 0.15) is 0 Å². The number of carbonyl (C=O) groups is 1. The summed E-state index contributed by atoms with van der Waals surface area (Å²) < 4.78 is 5.27. The monoisotopic (exact) mass is 555 g/mol. The number of aliphatic hydroxyl groups is 1. The topological polar surface area (TPSA) is 68.8 Å². The fourth-order valence-corrected chi connectivity index (χ4v) is 5.20. The summed E-state index contributed by atoms with van der Waals surface area (Å²) in [6.45, 7) is 9.67. The summed E-state index contributed by atoms with van der Waals surface area (Å²) in [5.41, 5.74) is 5.63. The highest BCUT2D eigenvalue weighted by molar-refractivity contribution is 5.83. The number of nitrogens with zero attached hydrogens (tertiary/aromatic N) is 2. The normalized spacial score (nSPS) is 12.6. The van der Waals surface area contributed by atoms with Gasteiger partial charge in [-0.05, 0) is 46.6 Å². The number of methoxy groups -OCH3 is 1. The highest BCUT2D eigenvalue weighted by atomic mass is 16.5. The summed E-state index contributed by atoms with van der Waals surface area (Å²) in [7, 11) is 1.69. The lowest BCUT2D eigenvalue weighted by molar-refractivity contribution is -0.133. The van der Waals surface area contributed by atoms with Gasteiger partial charge in [0.05, 0.1) is 12.6 Å². The van der Waals surface area contributed by atoms with Gasteiger partial charge in [-0.2, -0.15) is 0 Å². The second kappa shape index (κ2) is 14.4. The fourth-order valence-electron chi connectivity index (χ4n) is 5.20. The van der Waals surface area contributed by atoms with Crippen molar-refractivity contribution in [2.75, 3.05) is 39.9 Å². The number of H-pyrrole nitrogens is 1. The summed E-state index contributed by atoms with van der Waals surface area (Å²) in [6, 6.07) is 26.6. The molecule has 1 atom stereocenters. The maximum atomic E-state index is 13.9. The van der Waals surface area contributed by atoms with Crippen LogP contribution in [0.25, 0.3) is 10.9 Å². The number of aromatic amines is 1. The molecule has 6 heteroatoms. The molecule has 4 rings (SSSR count). The van der Waals surface area contributed by atoms with Crippen LogP contribution in [0.3, 0.4) is 0 Å². The Morgan fingerprint density at radius 1 is 0.951 bits per heavy atom. The largest absolute Gasteiger partial charge is 0.387 e. The van der Waals surface area contributed by atoms with E-state index >= 15 is 0 Å². The molecule has 0 unspecified atom stereocenters. The number of aliphatic hydroxyl groups excluding tert-OH is 1. The van der Waals surface area contributed by atoms with Gasteiger partial charge in [-0.25, -0.2) is 0 Å². The van der Waals surface area contributed by atoms with Crippen molar-refractivity contribution in [3.8, 4) is 0 Å². The van der Waals surface area contributed by atoms with Crippen LogP contribution in [0.15, 0.2) is 85.1 Å². The smallest absolute Gasteiger partial charge is 0.237 e. The second-order valence-corrected chi connectivity index (χ2v) is 11.9. The molecule has 41 heavy (non-hydrogen) atoms. The van der Waals surface area contributed by atoms with E-state index in [4.69, 9.17) is 4.74 Å². The number of para-hydroxylation sites is 1. The molecule has 2 N–H and O–H groups in total. The number of benzene rings is 3. The summed E-state index contributed by atoms with van der Waals surface area (Å²) in [5.74, 6) is 0.0578. The average molecular weight is 556 g/mol. The van der Waals surface area contributed by atoms with Gasteiger partial charge in [0.15, 0.2) is 0 Å². The molecule has 0 aliphatic heterocycles. The Labute approximate surface area is 244 Å². The van der Waals surface area contributed by atoms with Crippen molar-refractivity contribution in [1.82, 2.24) is 14.8 Å². The number of rotatable bonds is 14. The van der Waals surface area contributed by atoms with Crippen LogP contribution in [0, 0.1) is 0 Å². The Morgan fingerprint density at radius 2 is 1.66 bits per heavy atom. The number of nitrogens with one attached hydrogen (secondary N) is 1. The lowest BCUT2D eigenvalue weighted by Crippen LogP contribution is -2.42. The lowest BCUT2D eigenvalue weighted by atomic mass is 9.87. The van der Waals surface area contributed by atoms with Crippen molar-refractivity contribution in [1.29, 1.82) is 0 Å². The van der Waals surface area contributed by atoms with E-state index in [-0.39, 0.29) is 17.9 Å². The first-order chi connectivity index (χ1) is 19.7. The molecule has 6 nitrogen and oxygen atoms in total. The molecule has 1 aromatic heterocycles. The third kappa shape index (κ3) is 8.77. The molecule has 0 spiro atoms. The number of amides is 1. The van der Waals surface area contributed by atoms with E-state index in [1.807, 2.05) is 41.3 Å². The summed E-state index contributed by atoms with van der Waals surface area (Å²) >= 11 is 0. The molecule has 218 valence electrons. The Kier molecular flexibility index (Phi) is 10.7. The van der Waals surface area contributed by atoms with E-state index in [0.29, 0.717) is 32.8 Å². The number of hydrogen-bond acceptors (Lipinski definition) is 4. The molecule has 0 fully saturated rings. The number of carbonyl (C=O) groups excluding carboxylic acids is 1. The minimum atomic E-state index is -0.670. The summed E-state index contributed by atoms with van der Waals surface area (Å²) in [4.78, 5) is 21.3. The van der Waals surface area contributed by atoms with Crippen molar-refractivity contribution in [2.24, 2.45) is 0 Å². The first-order valence-electron chi connectivity index (χ1n) is 14.6. The Balaban J connectivity index is 1.51. The Hall–Kier alpha value is -3.45. The van der Waals surface area contributed by atoms with Gasteiger partial charge in [-0.15, -0.1) is 0 Å². The molecular formula is C35H45N3O3. The van der Waals surface area contributed by atoms with Crippen LogP contribution in [0.2, 0.25) is 0 Å². The van der Waals surface area contributed by atoms with E-state index in [9.17, 15) is 9.90 Å². The molecule has 1 heterocycles. The maximum absolute atomic E-state index is 13.9. The highest BCUT2D eigenvalue weighted by Gasteiger charge is 2.22. The van der Waals surface area contributed by atoms with Crippen molar-refractivity contribution >= 4 is 16.8 Å². The molecule has 3 aromatic carbocycles. The molecule has 0 bridgehead atoms. The van der Waals surface area contributed by atoms with E-state index in [1.54, 1.807) is 7.11 Å². The first-order valence-corrected chi connectivity index (χ1v) is 14.6. The van der Waals surface area contributed by atoms with Gasteiger partial charge in [0, 0.05) is 57.0 Å². The van der Waals surface area contributed by atoms with Gasteiger partial charge in [0.25, 0.3) is 0 Å². The molecule has 0 aliphatic carbocycles. The number of hydrogen-bond donors (Lipinski definition) is 2. The predicted octanol–water partition coefficient (Wildman–Crippen LogP) is 6.11. The number of fused-ring (bicyclic) bond motifs is 1. The zero-order chi connectivity index (χ0) is 29.2. The SMILES string of the molecule is COCCCN(CC(=O)N(CCc1c[nH]c2ccccc12)Cc1ccc(C(C)(C)C)cc1)C[C@@H](O)c1ccccc1. The molecular weight excluding hydrogens is 510 g/mol. The predicted molar refractivity (Wildman–Crippen MR) is 167 cm³/mol. The maximum Gasteiger partial charge on any atom is 0.237 e. The summed E-state index contributed by atoms with van der Waals surface area (Å²) in [6.07, 6.45) is 2.93. The van der Waals surface area contributed by atoms with Crippen LogP contribution in [-0.2, 0) is 27.9 Å². The minimum absolute atomic E-state index is 0.0578. The lowest BCUT2D eigenvalue weighted by Gasteiger charge is -2.29. The van der Waals surface area contributed by atoms with E-state index in [2.05, 4.69) is 79.3 Å². The minimum Gasteiger partial charge on any atom is -0.387 e. The standard InChI is InChI=1S/C35H45N3O3/c1-35(2,3)30-17-15-27(16-18-30)24-38(21-19-29-23-36-32-14-9-8-13-31(29)32)34(40)26-37(20-10-22-41-4)25-33(39)28-11-6-5-7-12-28/h5-9,11-18,23,33,36,39H,10,19-22,24-26H2,1-4H3/t33-/m1/s1. The van der Waals surface area contributed by atoms with Gasteiger partial charge in [-0.1, -0.05) is 93.6 Å². The average Bonchev–Trinajstić information content (AvgIpc) is 3.38. The van der Waals surface area contributed by atoms with Crippen LogP contribution >= 0.6 is 0 Å². The van der Waals surface area contributed by atoms with Gasteiger partial charge in [-0.3, -0.25) is 9.69 Å². The second-order valence-electron chi connectivity index (χ2n) is 11.9. The van der Waals surface area contributed by atoms with Crippen molar-refractivity contribution in [2.45, 2.75) is 51.7 Å². The quantitative estimate of drug-likeness (QED) is 0.184. The van der Waals surface area contributed by atoms with Crippen molar-refractivity contribution < 1.29 is 14.6 Å². The van der Waals surface area contributed by atoms with Gasteiger partial charge < -0.3 is 19.7 Å². The number of ether oxygens (including phenoxy) is 1. The van der Waals surface area contributed by atoms with E-state index < -0.39 is 6.10 Å². The fraction of sp³-hybridized carbons (Fsp3) is 0.400. The Bertz CT molecular complexity index is 1360. The van der Waals surface area contributed by atoms with Crippen molar-refractivity contribution in [3.05, 3.63) is 107 Å². The first kappa shape index (κ1) is 30.5. The third-order valence-electron chi connectivity index (χ3n) is 7.67. The van der Waals surface area contributed by atoms with Gasteiger partial charge >= 0.3 is 0 Å². The molecule has 0 radical (unpaired) electrons. The molecule has 4 aromatic rings. The molecule has 0 aliphatic rings. The zero-order valence-electron chi connectivity index (χ0n) is 25.0. The number of aromatic nitrogens is 1. The van der Waals surface area contributed by atoms with Crippen LogP contribution in [-0.4, -0.2) is 65.7 Å². The molecule has 1 amide bonds. The van der Waals surface area contributed by atoms with Crippen LogP contribution in [0.4, 0.5) is 0 Å². The van der Waals surface area contributed by atoms with Crippen LogP contribution in [0.1, 0.15) is 55.5 Å². The zero-order valence-corrected chi connectivity index (χ0v) is 25.0. The van der Waals surface area contributed by atoms with Gasteiger partial charge in [0.2, 0.25) is 5.91 Å². The molecule has 0 saturated heterocycles. The van der Waals surface area contributed by atoms with E-state index in [0.717, 1.165) is 29.5 Å². The molecule has 0 saturated carbocycles. The van der Waals surface area contributed by atoms with E-state index in [1.165, 1.54) is 16.5 Å². The third-order valence-corrected chi connectivity index (χ3v) is 7.67. The summed E-state index contributed by atoms with van der Waals surface area (Å²) in [5, 5.41) is 12.1.